The molecule has 1 aromatic heterocycles. The molecule has 34 heavy (non-hydrogen) atoms. The van der Waals surface area contributed by atoms with Crippen molar-refractivity contribution in [2.45, 2.75) is 64.8 Å². The van der Waals surface area contributed by atoms with Crippen molar-refractivity contribution in [3.8, 4) is 11.5 Å². The van der Waals surface area contributed by atoms with Crippen molar-refractivity contribution in [2.75, 3.05) is 25.6 Å². The van der Waals surface area contributed by atoms with E-state index >= 15 is 0 Å². The van der Waals surface area contributed by atoms with Crippen LogP contribution < -0.4 is 14.8 Å². The number of hydrogen-bond donors (Lipinski definition) is 2. The predicted molar refractivity (Wildman–Crippen MR) is 142 cm³/mol. The number of hydrogen-bond acceptors (Lipinski definition) is 6. The van der Waals surface area contributed by atoms with Crippen molar-refractivity contribution in [1.29, 1.82) is 0 Å². The Labute approximate surface area is 211 Å². The van der Waals surface area contributed by atoms with E-state index in [9.17, 15) is 0 Å². The fourth-order valence-corrected chi connectivity index (χ4v) is 4.40. The summed E-state index contributed by atoms with van der Waals surface area (Å²) in [6, 6.07) is 12.2. The summed E-state index contributed by atoms with van der Waals surface area (Å²) in [4.78, 5) is 9.32. The van der Waals surface area contributed by atoms with E-state index in [4.69, 9.17) is 14.6 Å². The zero-order chi connectivity index (χ0) is 24.3. The van der Waals surface area contributed by atoms with E-state index < -0.39 is 0 Å². The molecule has 2 N–H and O–H groups in total. The topological polar surface area (TPSA) is 76.5 Å². The second-order valence-corrected chi connectivity index (χ2v) is 9.52. The van der Waals surface area contributed by atoms with Crippen LogP contribution in [0.1, 0.15) is 69.3 Å². The van der Waals surface area contributed by atoms with Gasteiger partial charge in [0.2, 0.25) is 0 Å². The van der Waals surface area contributed by atoms with Crippen LogP contribution in [0.3, 0.4) is 0 Å². The molecular weight excluding hydrogens is 494 g/mol. The molecule has 0 radical (unpaired) electrons. The molecule has 0 bridgehead atoms. The Bertz CT molecular complexity index is 1060. The van der Waals surface area contributed by atoms with Crippen molar-refractivity contribution >= 4 is 32.7 Å². The molecule has 0 saturated carbocycles. The van der Waals surface area contributed by atoms with Crippen LogP contribution >= 0.6 is 15.9 Å². The van der Waals surface area contributed by atoms with Crippen LogP contribution in [0.15, 0.2) is 40.9 Å². The average molecular weight is 531 g/mol. The van der Waals surface area contributed by atoms with Gasteiger partial charge >= 0.3 is 0 Å². The Balaban J connectivity index is 1.67. The predicted octanol–water partition coefficient (Wildman–Crippen LogP) is 6.98. The first-order valence-corrected chi connectivity index (χ1v) is 12.9. The number of rotatable bonds is 14. The summed E-state index contributed by atoms with van der Waals surface area (Å²) in [6.07, 6.45) is 7.76. The van der Waals surface area contributed by atoms with Crippen LogP contribution in [-0.4, -0.2) is 35.4 Å². The van der Waals surface area contributed by atoms with Gasteiger partial charge in [-0.15, -0.1) is 0 Å². The Kier molecular flexibility index (Phi) is 10.4. The van der Waals surface area contributed by atoms with Gasteiger partial charge in [-0.1, -0.05) is 60.2 Å². The van der Waals surface area contributed by atoms with Gasteiger partial charge in [-0.05, 0) is 50.5 Å². The molecule has 7 heteroatoms. The third kappa shape index (κ3) is 7.57. The fraction of sp³-hybridized carbons (Fsp3) is 0.481. The standard InChI is InChI=1S/C27H36BrN3O3/c1-19(21-12-11-13-22(28)16-21)29-27-23-17-25(33-3)26(18-24(23)30-20(2)31-27)34-15-10-8-6-4-5-7-9-14-32/h11-13,16-19,32H,4-10,14-15H2,1-3H3,(H,29,30,31). The second kappa shape index (κ2) is 13.5. The molecule has 184 valence electrons. The number of aliphatic hydroxyl groups is 1. The number of nitrogens with zero attached hydrogens (tertiary/aromatic N) is 2. The van der Waals surface area contributed by atoms with Crippen LogP contribution in [0.4, 0.5) is 5.82 Å². The van der Waals surface area contributed by atoms with Gasteiger partial charge in [-0.25, -0.2) is 9.97 Å². The summed E-state index contributed by atoms with van der Waals surface area (Å²) in [5, 5.41) is 13.3. The van der Waals surface area contributed by atoms with Gasteiger partial charge in [-0.2, -0.15) is 0 Å². The number of benzene rings is 2. The lowest BCUT2D eigenvalue weighted by molar-refractivity contribution is 0.279. The quantitative estimate of drug-likeness (QED) is 0.219. The molecule has 1 atom stereocenters. The number of anilines is 1. The number of ether oxygens (including phenoxy) is 2. The minimum Gasteiger partial charge on any atom is -0.493 e. The summed E-state index contributed by atoms with van der Waals surface area (Å²) < 4.78 is 12.8. The maximum atomic E-state index is 8.84. The molecule has 0 aliphatic heterocycles. The van der Waals surface area contributed by atoms with Gasteiger partial charge in [0.25, 0.3) is 0 Å². The van der Waals surface area contributed by atoms with Gasteiger partial charge in [0.15, 0.2) is 11.5 Å². The maximum Gasteiger partial charge on any atom is 0.163 e. The number of aromatic nitrogens is 2. The molecule has 0 fully saturated rings. The first-order chi connectivity index (χ1) is 16.5. The lowest BCUT2D eigenvalue weighted by atomic mass is 10.1. The maximum absolute atomic E-state index is 8.84. The lowest BCUT2D eigenvalue weighted by Crippen LogP contribution is -2.10. The molecule has 0 saturated heterocycles. The summed E-state index contributed by atoms with van der Waals surface area (Å²) in [5.41, 5.74) is 2.00. The van der Waals surface area contributed by atoms with Gasteiger partial charge in [-0.3, -0.25) is 0 Å². The molecule has 1 unspecified atom stereocenters. The second-order valence-electron chi connectivity index (χ2n) is 8.61. The monoisotopic (exact) mass is 529 g/mol. The summed E-state index contributed by atoms with van der Waals surface area (Å²) in [7, 11) is 1.66. The van der Waals surface area contributed by atoms with E-state index in [2.05, 4.69) is 50.3 Å². The molecule has 0 aliphatic rings. The van der Waals surface area contributed by atoms with Crippen molar-refractivity contribution in [2.24, 2.45) is 0 Å². The summed E-state index contributed by atoms with van der Waals surface area (Å²) in [6.45, 7) is 4.97. The first kappa shape index (κ1) is 26.2. The highest BCUT2D eigenvalue weighted by Gasteiger charge is 2.15. The summed E-state index contributed by atoms with van der Waals surface area (Å²) >= 11 is 3.55. The Morgan fingerprint density at radius 3 is 2.41 bits per heavy atom. The van der Waals surface area contributed by atoms with Crippen molar-refractivity contribution in [1.82, 2.24) is 9.97 Å². The van der Waals surface area contributed by atoms with Crippen LogP contribution in [0.25, 0.3) is 10.9 Å². The molecule has 3 aromatic rings. The van der Waals surface area contributed by atoms with E-state index in [0.717, 1.165) is 46.9 Å². The van der Waals surface area contributed by atoms with E-state index in [1.54, 1.807) is 7.11 Å². The minimum absolute atomic E-state index is 0.0700. The molecule has 0 amide bonds. The normalized spacial score (nSPS) is 12.0. The van der Waals surface area contributed by atoms with E-state index in [1.165, 1.54) is 24.8 Å². The number of halogens is 1. The SMILES string of the molecule is COc1cc2c(NC(C)c3cccc(Br)c3)nc(C)nc2cc1OCCCCCCCCCO. The van der Waals surface area contributed by atoms with Crippen molar-refractivity contribution in [3.05, 3.63) is 52.3 Å². The van der Waals surface area contributed by atoms with E-state index in [1.807, 2.05) is 31.2 Å². The Morgan fingerprint density at radius 1 is 0.971 bits per heavy atom. The largest absolute Gasteiger partial charge is 0.493 e. The van der Waals surface area contributed by atoms with Crippen molar-refractivity contribution < 1.29 is 14.6 Å². The molecule has 2 aromatic carbocycles. The smallest absolute Gasteiger partial charge is 0.163 e. The molecular formula is C27H36BrN3O3. The minimum atomic E-state index is 0.0700. The third-order valence-electron chi connectivity index (χ3n) is 5.85. The number of nitrogens with one attached hydrogen (secondary N) is 1. The highest BCUT2D eigenvalue weighted by atomic mass is 79.9. The lowest BCUT2D eigenvalue weighted by Gasteiger charge is -2.18. The van der Waals surface area contributed by atoms with Crippen LogP contribution in [0.2, 0.25) is 0 Å². The molecule has 1 heterocycles. The van der Waals surface area contributed by atoms with Crippen molar-refractivity contribution in [3.63, 3.8) is 0 Å². The number of fused-ring (bicyclic) bond motifs is 1. The average Bonchev–Trinajstić information content (AvgIpc) is 2.82. The van der Waals surface area contributed by atoms with E-state index in [0.29, 0.717) is 30.5 Å². The van der Waals surface area contributed by atoms with Crippen LogP contribution in [0, 0.1) is 6.92 Å². The molecule has 6 nitrogen and oxygen atoms in total. The van der Waals surface area contributed by atoms with E-state index in [-0.39, 0.29) is 6.04 Å². The van der Waals surface area contributed by atoms with Gasteiger partial charge < -0.3 is 19.9 Å². The zero-order valence-electron chi connectivity index (χ0n) is 20.4. The highest BCUT2D eigenvalue weighted by Crippen LogP contribution is 2.35. The number of methoxy groups -OCH3 is 1. The van der Waals surface area contributed by atoms with Crippen LogP contribution in [-0.2, 0) is 0 Å². The fourth-order valence-electron chi connectivity index (χ4n) is 3.98. The zero-order valence-corrected chi connectivity index (χ0v) is 22.0. The van der Waals surface area contributed by atoms with Crippen LogP contribution in [0.5, 0.6) is 11.5 Å². The van der Waals surface area contributed by atoms with Gasteiger partial charge in [0.05, 0.1) is 25.3 Å². The van der Waals surface area contributed by atoms with Gasteiger partial charge in [0, 0.05) is 22.5 Å². The highest BCUT2D eigenvalue weighted by molar-refractivity contribution is 9.10. The number of aliphatic hydroxyl groups excluding tert-OH is 1. The molecule has 0 spiro atoms. The van der Waals surface area contributed by atoms with Gasteiger partial charge in [0.1, 0.15) is 11.6 Å². The Morgan fingerprint density at radius 2 is 1.71 bits per heavy atom. The molecule has 3 rings (SSSR count). The Hall–Kier alpha value is -2.38. The first-order valence-electron chi connectivity index (χ1n) is 12.1. The molecule has 0 aliphatic carbocycles. The number of unbranched alkanes of at least 4 members (excludes halogenated alkanes) is 6. The number of aryl methyl sites for hydroxylation is 1. The summed E-state index contributed by atoms with van der Waals surface area (Å²) in [5.74, 6) is 2.87. The third-order valence-corrected chi connectivity index (χ3v) is 6.35.